The molecule has 2 aromatic rings. The van der Waals surface area contributed by atoms with E-state index in [2.05, 4.69) is 0 Å². The quantitative estimate of drug-likeness (QED) is 0.169. The topological polar surface area (TPSA) is 166 Å². The van der Waals surface area contributed by atoms with Gasteiger partial charge in [-0.05, 0) is 6.07 Å². The molecule has 0 saturated carbocycles. The van der Waals surface area contributed by atoms with Crippen LogP contribution in [0.4, 0.5) is 0 Å². The molecule has 25 heavy (non-hydrogen) atoms. The minimum Gasteiger partial charge on any atom is -0.394 e. The lowest BCUT2D eigenvalue weighted by atomic mass is 9.77. The fourth-order valence-electron chi connectivity index (χ4n) is 2.87. The van der Waals surface area contributed by atoms with Crippen molar-refractivity contribution in [3.63, 3.8) is 0 Å². The third-order valence-electron chi connectivity index (χ3n) is 4.29. The molecule has 1 aromatic heterocycles. The van der Waals surface area contributed by atoms with Crippen molar-refractivity contribution >= 4 is 17.2 Å². The summed E-state index contributed by atoms with van der Waals surface area (Å²) in [7, 11) is 1.55. The molecular formula is C15H18N2O8. The lowest BCUT2D eigenvalue weighted by molar-refractivity contribution is -0.633. The van der Waals surface area contributed by atoms with Crippen LogP contribution in [0, 0.1) is 10.1 Å². The summed E-state index contributed by atoms with van der Waals surface area (Å²) in [6.45, 7) is -1.07. The summed E-state index contributed by atoms with van der Waals surface area (Å²) >= 11 is 0. The maximum absolute atomic E-state index is 11.3. The fourth-order valence-corrected chi connectivity index (χ4v) is 2.87. The molecule has 2 rings (SSSR count). The van der Waals surface area contributed by atoms with E-state index in [0.29, 0.717) is 5.52 Å². The average molecular weight is 354 g/mol. The summed E-state index contributed by atoms with van der Waals surface area (Å²) < 4.78 is 1.46. The lowest BCUT2D eigenvalue weighted by Crippen LogP contribution is -2.66. The molecule has 0 saturated heterocycles. The molecule has 4 atom stereocenters. The number of carbonyl (C=O) groups excluding carboxylic acids is 1. The number of para-hydroxylation sites is 1. The minimum atomic E-state index is -3.67. The van der Waals surface area contributed by atoms with Gasteiger partial charge in [-0.3, -0.25) is 14.9 Å². The summed E-state index contributed by atoms with van der Waals surface area (Å²) in [4.78, 5) is 21.2. The van der Waals surface area contributed by atoms with Crippen LogP contribution in [0.1, 0.15) is 5.56 Å². The van der Waals surface area contributed by atoms with E-state index in [-0.39, 0.29) is 10.9 Å². The molecule has 0 spiro atoms. The maximum atomic E-state index is 11.3. The summed E-state index contributed by atoms with van der Waals surface area (Å²) in [6.07, 6.45) is -3.84. The largest absolute Gasteiger partial charge is 0.414 e. The molecule has 0 unspecified atom stereocenters. The molecule has 0 amide bonds. The normalized spacial score (nSPS) is 19.0. The highest BCUT2D eigenvalue weighted by atomic mass is 16.7. The Kier molecular flexibility index (Phi) is 4.93. The Bertz CT molecular complexity index is 806. The molecule has 0 aliphatic carbocycles. The van der Waals surface area contributed by atoms with Gasteiger partial charge in [-0.25, -0.2) is 0 Å². The molecule has 5 N–H and O–H groups in total. The number of aryl methyl sites for hydroxylation is 1. The summed E-state index contributed by atoms with van der Waals surface area (Å²) in [5, 5.41) is 61.9. The number of fused-ring (bicyclic) bond motifs is 1. The number of rotatable bonds is 7. The number of benzene rings is 1. The Morgan fingerprint density at radius 1 is 1.32 bits per heavy atom. The molecular weight excluding hydrogens is 336 g/mol. The van der Waals surface area contributed by atoms with E-state index >= 15 is 0 Å². The number of aliphatic hydroxyl groups excluding tert-OH is 3. The van der Waals surface area contributed by atoms with Gasteiger partial charge in [0.1, 0.15) is 12.2 Å². The fraction of sp³-hybridized carbons (Fsp3) is 0.400. The van der Waals surface area contributed by atoms with Gasteiger partial charge in [0.05, 0.1) is 11.5 Å². The van der Waals surface area contributed by atoms with Gasteiger partial charge < -0.3 is 30.1 Å². The molecule has 1 heterocycles. The number of hydrogen-bond acceptors (Lipinski definition) is 8. The number of hydrogen-bond donors (Lipinski definition) is 5. The highest BCUT2D eigenvalue weighted by molar-refractivity contribution is 5.86. The Balaban J connectivity index is 2.88. The van der Waals surface area contributed by atoms with Gasteiger partial charge >= 0.3 is 5.72 Å². The van der Waals surface area contributed by atoms with Crippen molar-refractivity contribution in [2.24, 2.45) is 7.05 Å². The predicted octanol–water partition coefficient (Wildman–Crippen LogP) is -1.76. The molecule has 0 radical (unpaired) electrons. The first kappa shape index (κ1) is 19.0. The van der Waals surface area contributed by atoms with E-state index in [1.165, 1.54) is 16.8 Å². The molecule has 1 aromatic carbocycles. The SMILES string of the molecule is Cn1cc([C@](O)([C@H](O)[C@H](O)CO)[C@@](O)(C=O)[N+](=O)[O-])c2ccccc21. The zero-order valence-electron chi connectivity index (χ0n) is 13.2. The van der Waals surface area contributed by atoms with Crippen LogP contribution >= 0.6 is 0 Å². The molecule has 0 fully saturated rings. The smallest absolute Gasteiger partial charge is 0.394 e. The highest BCUT2D eigenvalue weighted by Crippen LogP contribution is 2.41. The second-order valence-electron chi connectivity index (χ2n) is 5.73. The predicted molar refractivity (Wildman–Crippen MR) is 83.9 cm³/mol. The van der Waals surface area contributed by atoms with Crippen LogP contribution in [0.5, 0.6) is 0 Å². The second-order valence-corrected chi connectivity index (χ2v) is 5.73. The maximum Gasteiger partial charge on any atom is 0.414 e. The van der Waals surface area contributed by atoms with Gasteiger partial charge in [-0.15, -0.1) is 0 Å². The Morgan fingerprint density at radius 2 is 1.92 bits per heavy atom. The number of aliphatic hydroxyl groups is 5. The van der Waals surface area contributed by atoms with E-state index in [9.17, 15) is 35.3 Å². The van der Waals surface area contributed by atoms with Gasteiger partial charge in [0.25, 0.3) is 0 Å². The molecule has 0 aliphatic rings. The average Bonchev–Trinajstić information content (AvgIpc) is 2.96. The first-order chi connectivity index (χ1) is 11.6. The van der Waals surface area contributed by atoms with E-state index in [1.54, 1.807) is 25.2 Å². The molecule has 10 nitrogen and oxygen atoms in total. The molecule has 0 bridgehead atoms. The van der Waals surface area contributed by atoms with E-state index in [0.717, 1.165) is 0 Å². The van der Waals surface area contributed by atoms with Crippen LogP contribution in [0.25, 0.3) is 10.9 Å². The van der Waals surface area contributed by atoms with Crippen molar-refractivity contribution in [1.29, 1.82) is 0 Å². The number of aldehydes is 1. The Morgan fingerprint density at radius 3 is 2.44 bits per heavy atom. The lowest BCUT2D eigenvalue weighted by Gasteiger charge is -2.38. The van der Waals surface area contributed by atoms with Gasteiger partial charge in [-0.1, -0.05) is 18.2 Å². The van der Waals surface area contributed by atoms with Crippen LogP contribution in [0.3, 0.4) is 0 Å². The van der Waals surface area contributed by atoms with Crippen LogP contribution < -0.4 is 0 Å². The number of carbonyl (C=O) groups is 1. The summed E-state index contributed by atoms with van der Waals surface area (Å²) in [5.41, 5.74) is -6.77. The van der Waals surface area contributed by atoms with Crippen molar-refractivity contribution in [1.82, 2.24) is 4.57 Å². The Labute approximate surface area is 141 Å². The van der Waals surface area contributed by atoms with Gasteiger partial charge in [-0.2, -0.15) is 0 Å². The van der Waals surface area contributed by atoms with E-state index < -0.39 is 41.4 Å². The van der Waals surface area contributed by atoms with Crippen LogP contribution in [0.2, 0.25) is 0 Å². The standard InChI is InChI=1S/C15H18N2O8/c1-16-6-10(9-4-2-3-5-11(9)16)15(23,13(21)12(20)7-18)14(22,8-19)17(24)25/h2-6,8,12-13,18,20-23H,7H2,1H3/t12-,13-,14+,15+/m1/s1. The van der Waals surface area contributed by atoms with Gasteiger partial charge in [0.15, 0.2) is 0 Å². The van der Waals surface area contributed by atoms with Crippen LogP contribution in [0.15, 0.2) is 30.5 Å². The van der Waals surface area contributed by atoms with Crippen LogP contribution in [-0.4, -0.2) is 65.8 Å². The van der Waals surface area contributed by atoms with E-state index in [1.807, 2.05) is 0 Å². The zero-order valence-corrected chi connectivity index (χ0v) is 13.2. The summed E-state index contributed by atoms with van der Waals surface area (Å²) in [6, 6.07) is 6.27. The monoisotopic (exact) mass is 354 g/mol. The van der Waals surface area contributed by atoms with Gasteiger partial charge in [0, 0.05) is 29.7 Å². The van der Waals surface area contributed by atoms with Crippen molar-refractivity contribution in [2.45, 2.75) is 23.5 Å². The van der Waals surface area contributed by atoms with Crippen molar-refractivity contribution in [3.05, 3.63) is 46.1 Å². The van der Waals surface area contributed by atoms with Crippen molar-refractivity contribution in [3.8, 4) is 0 Å². The minimum absolute atomic E-state index is 0.207. The molecule has 136 valence electrons. The number of nitro groups is 1. The summed E-state index contributed by atoms with van der Waals surface area (Å²) in [5.74, 6) is 0. The van der Waals surface area contributed by atoms with E-state index in [4.69, 9.17) is 5.11 Å². The first-order valence-corrected chi connectivity index (χ1v) is 7.22. The van der Waals surface area contributed by atoms with Crippen molar-refractivity contribution < 1.29 is 35.3 Å². The first-order valence-electron chi connectivity index (χ1n) is 7.22. The highest BCUT2D eigenvalue weighted by Gasteiger charge is 2.67. The Hall–Kier alpha value is -2.37. The van der Waals surface area contributed by atoms with Crippen molar-refractivity contribution in [2.75, 3.05) is 6.61 Å². The second kappa shape index (κ2) is 6.50. The number of aromatic nitrogens is 1. The zero-order chi connectivity index (χ0) is 19.0. The third kappa shape index (κ3) is 2.60. The van der Waals surface area contributed by atoms with Gasteiger partial charge in [0.2, 0.25) is 11.9 Å². The molecule has 0 aliphatic heterocycles. The van der Waals surface area contributed by atoms with Crippen LogP contribution in [-0.2, 0) is 17.4 Å². The third-order valence-corrected chi connectivity index (χ3v) is 4.29. The number of nitrogens with zero attached hydrogens (tertiary/aromatic N) is 2. The molecule has 10 heteroatoms.